The minimum absolute atomic E-state index is 0. The van der Waals surface area contributed by atoms with E-state index in [4.69, 9.17) is 0 Å². The first kappa shape index (κ1) is 17.0. The van der Waals surface area contributed by atoms with Gasteiger partial charge in [-0.25, -0.2) is 9.97 Å². The molecule has 0 radical (unpaired) electrons. The normalized spacial score (nSPS) is 16.7. The largest absolute Gasteiger partial charge is 0.349 e. The van der Waals surface area contributed by atoms with Crippen LogP contribution in [0.5, 0.6) is 0 Å². The van der Waals surface area contributed by atoms with E-state index in [1.165, 1.54) is 28.7 Å². The Labute approximate surface area is 142 Å². The molecule has 0 aliphatic heterocycles. The molecule has 0 amide bonds. The first-order valence-corrected chi connectivity index (χ1v) is 8.28. The molecule has 0 aromatic carbocycles. The number of thiophene rings is 1. The quantitative estimate of drug-likeness (QED) is 0.757. The Morgan fingerprint density at radius 1 is 1.32 bits per heavy atom. The number of halogens is 1. The monoisotopic (exact) mass is 335 g/mol. The predicted octanol–water partition coefficient (Wildman–Crippen LogP) is 4.42. The Kier molecular flexibility index (Phi) is 5.59. The maximum absolute atomic E-state index is 4.57. The van der Waals surface area contributed by atoms with Crippen LogP contribution in [0.25, 0.3) is 10.2 Å². The van der Waals surface area contributed by atoms with E-state index in [0.717, 1.165) is 36.1 Å². The molecule has 1 atom stereocenters. The zero-order valence-electron chi connectivity index (χ0n) is 12.9. The highest BCUT2D eigenvalue weighted by atomic mass is 35.5. The summed E-state index contributed by atoms with van der Waals surface area (Å²) < 4.78 is 0. The number of hydrogen-bond acceptors (Lipinski definition) is 4. The SMILES string of the molecule is C=CCN(CC=C)c1ncnc2sc3c(c12)CCC(C)C3.Cl. The van der Waals surface area contributed by atoms with Gasteiger partial charge in [-0.05, 0) is 30.7 Å². The van der Waals surface area contributed by atoms with E-state index in [0.29, 0.717) is 0 Å². The molecule has 0 saturated carbocycles. The summed E-state index contributed by atoms with van der Waals surface area (Å²) in [6.45, 7) is 11.6. The van der Waals surface area contributed by atoms with Crippen molar-refractivity contribution < 1.29 is 0 Å². The van der Waals surface area contributed by atoms with Crippen molar-refractivity contribution in [3.05, 3.63) is 42.1 Å². The van der Waals surface area contributed by atoms with Gasteiger partial charge in [-0.15, -0.1) is 36.9 Å². The van der Waals surface area contributed by atoms with Crippen LogP contribution >= 0.6 is 23.7 Å². The van der Waals surface area contributed by atoms with Gasteiger partial charge < -0.3 is 4.90 Å². The van der Waals surface area contributed by atoms with Gasteiger partial charge in [0.25, 0.3) is 0 Å². The smallest absolute Gasteiger partial charge is 0.141 e. The van der Waals surface area contributed by atoms with Crippen molar-refractivity contribution in [1.29, 1.82) is 0 Å². The van der Waals surface area contributed by atoms with Crippen LogP contribution in [0.1, 0.15) is 23.8 Å². The van der Waals surface area contributed by atoms with E-state index in [1.807, 2.05) is 23.5 Å². The molecule has 22 heavy (non-hydrogen) atoms. The fourth-order valence-corrected chi connectivity index (χ4v) is 4.40. The number of nitrogens with zero attached hydrogens (tertiary/aromatic N) is 3. The molecule has 0 bridgehead atoms. The fourth-order valence-electron chi connectivity index (χ4n) is 3.06. The highest BCUT2D eigenvalue weighted by molar-refractivity contribution is 7.19. The van der Waals surface area contributed by atoms with Gasteiger partial charge in [0, 0.05) is 18.0 Å². The summed E-state index contributed by atoms with van der Waals surface area (Å²) >= 11 is 1.84. The van der Waals surface area contributed by atoms with E-state index in [-0.39, 0.29) is 12.4 Å². The number of aromatic nitrogens is 2. The predicted molar refractivity (Wildman–Crippen MR) is 98.5 cm³/mol. The molecule has 2 heterocycles. The molecule has 0 fully saturated rings. The van der Waals surface area contributed by atoms with Crippen molar-refractivity contribution in [2.24, 2.45) is 5.92 Å². The van der Waals surface area contributed by atoms with Gasteiger partial charge in [-0.1, -0.05) is 19.1 Å². The van der Waals surface area contributed by atoms with E-state index >= 15 is 0 Å². The Hall–Kier alpha value is -1.39. The molecular formula is C17H22ClN3S. The molecular weight excluding hydrogens is 314 g/mol. The number of rotatable bonds is 5. The standard InChI is InChI=1S/C17H21N3S.ClH/c1-4-8-20(9-5-2)16-15-13-7-6-12(3)10-14(13)21-17(15)19-11-18-16;/h4-5,11-12H,1-2,6-10H2,3H3;1H. The lowest BCUT2D eigenvalue weighted by molar-refractivity contribution is 0.509. The molecule has 1 unspecified atom stereocenters. The Bertz CT molecular complexity index is 670. The molecule has 0 spiro atoms. The molecule has 0 N–H and O–H groups in total. The molecule has 2 aromatic heterocycles. The van der Waals surface area contributed by atoms with Crippen LogP contribution < -0.4 is 4.90 Å². The number of anilines is 1. The second kappa shape index (κ2) is 7.25. The highest BCUT2D eigenvalue weighted by Crippen LogP contribution is 2.40. The van der Waals surface area contributed by atoms with Gasteiger partial charge in [-0.3, -0.25) is 0 Å². The van der Waals surface area contributed by atoms with Gasteiger partial charge in [-0.2, -0.15) is 0 Å². The van der Waals surface area contributed by atoms with Gasteiger partial charge in [0.1, 0.15) is 17.0 Å². The topological polar surface area (TPSA) is 29.0 Å². The van der Waals surface area contributed by atoms with E-state index in [1.54, 1.807) is 6.33 Å². The number of fused-ring (bicyclic) bond motifs is 3. The van der Waals surface area contributed by atoms with Crippen LogP contribution in [-0.4, -0.2) is 23.1 Å². The second-order valence-electron chi connectivity index (χ2n) is 5.71. The van der Waals surface area contributed by atoms with Crippen LogP contribution in [0.15, 0.2) is 31.6 Å². The van der Waals surface area contributed by atoms with Crippen molar-refractivity contribution >= 4 is 39.8 Å². The minimum atomic E-state index is 0. The maximum atomic E-state index is 4.57. The van der Waals surface area contributed by atoms with Crippen LogP contribution in [0.2, 0.25) is 0 Å². The van der Waals surface area contributed by atoms with Crippen LogP contribution in [0.4, 0.5) is 5.82 Å². The number of hydrogen-bond donors (Lipinski definition) is 0. The summed E-state index contributed by atoms with van der Waals surface area (Å²) in [5.41, 5.74) is 1.47. The lowest BCUT2D eigenvalue weighted by Gasteiger charge is -2.23. The zero-order chi connectivity index (χ0) is 14.8. The van der Waals surface area contributed by atoms with E-state index < -0.39 is 0 Å². The minimum Gasteiger partial charge on any atom is -0.349 e. The Morgan fingerprint density at radius 2 is 2.05 bits per heavy atom. The molecule has 2 aromatic rings. The molecule has 5 heteroatoms. The van der Waals surface area contributed by atoms with E-state index in [2.05, 4.69) is 34.9 Å². The summed E-state index contributed by atoms with van der Waals surface area (Å²) in [6, 6.07) is 0. The molecule has 1 aliphatic rings. The van der Waals surface area contributed by atoms with Crippen molar-refractivity contribution in [2.45, 2.75) is 26.2 Å². The average molecular weight is 336 g/mol. The van der Waals surface area contributed by atoms with Crippen LogP contribution in [-0.2, 0) is 12.8 Å². The van der Waals surface area contributed by atoms with E-state index in [9.17, 15) is 0 Å². The van der Waals surface area contributed by atoms with Crippen LogP contribution in [0, 0.1) is 5.92 Å². The summed E-state index contributed by atoms with van der Waals surface area (Å²) in [4.78, 5) is 13.9. The van der Waals surface area contributed by atoms with Crippen LogP contribution in [0.3, 0.4) is 0 Å². The third-order valence-electron chi connectivity index (χ3n) is 4.07. The molecule has 3 nitrogen and oxygen atoms in total. The molecule has 3 rings (SSSR count). The summed E-state index contributed by atoms with van der Waals surface area (Å²) in [7, 11) is 0. The molecule has 0 saturated heterocycles. The summed E-state index contributed by atoms with van der Waals surface area (Å²) in [6.07, 6.45) is 9.10. The first-order chi connectivity index (χ1) is 10.2. The van der Waals surface area contributed by atoms with Gasteiger partial charge >= 0.3 is 0 Å². The third kappa shape index (κ3) is 3.03. The molecule has 1 aliphatic carbocycles. The zero-order valence-corrected chi connectivity index (χ0v) is 14.6. The fraction of sp³-hybridized carbons (Fsp3) is 0.412. The second-order valence-corrected chi connectivity index (χ2v) is 6.80. The maximum Gasteiger partial charge on any atom is 0.141 e. The lowest BCUT2D eigenvalue weighted by Crippen LogP contribution is -2.24. The average Bonchev–Trinajstić information content (AvgIpc) is 2.84. The Morgan fingerprint density at radius 3 is 2.73 bits per heavy atom. The highest BCUT2D eigenvalue weighted by Gasteiger charge is 2.24. The summed E-state index contributed by atoms with van der Waals surface area (Å²) in [5, 5.41) is 1.26. The van der Waals surface area contributed by atoms with Gasteiger partial charge in [0.2, 0.25) is 0 Å². The number of aryl methyl sites for hydroxylation is 1. The summed E-state index contributed by atoms with van der Waals surface area (Å²) in [5.74, 6) is 1.81. The first-order valence-electron chi connectivity index (χ1n) is 7.46. The Balaban J connectivity index is 0.00000176. The van der Waals surface area contributed by atoms with Crippen molar-refractivity contribution in [3.8, 4) is 0 Å². The van der Waals surface area contributed by atoms with Crippen molar-refractivity contribution in [2.75, 3.05) is 18.0 Å². The third-order valence-corrected chi connectivity index (χ3v) is 5.23. The van der Waals surface area contributed by atoms with Gasteiger partial charge in [0.05, 0.1) is 5.39 Å². The van der Waals surface area contributed by atoms with Gasteiger partial charge in [0.15, 0.2) is 0 Å². The van der Waals surface area contributed by atoms with Crippen molar-refractivity contribution in [3.63, 3.8) is 0 Å². The lowest BCUT2D eigenvalue weighted by atomic mass is 9.89. The molecule has 118 valence electrons. The van der Waals surface area contributed by atoms with Crippen molar-refractivity contribution in [1.82, 2.24) is 9.97 Å².